The third-order valence-electron chi connectivity index (χ3n) is 1.79. The first-order valence-electron chi connectivity index (χ1n) is 3.48. The highest BCUT2D eigenvalue weighted by Crippen LogP contribution is 2.23. The molecule has 0 saturated carbocycles. The van der Waals surface area contributed by atoms with Crippen molar-refractivity contribution in [2.75, 3.05) is 0 Å². The van der Waals surface area contributed by atoms with E-state index in [4.69, 9.17) is 16.9 Å². The molecule has 1 N–H and O–H groups in total. The minimum atomic E-state index is 0.493. The second-order valence-corrected chi connectivity index (χ2v) is 2.88. The molecule has 0 aliphatic heterocycles. The van der Waals surface area contributed by atoms with Gasteiger partial charge < -0.3 is 4.98 Å². The van der Waals surface area contributed by atoms with E-state index in [1.807, 2.05) is 12.1 Å². The summed E-state index contributed by atoms with van der Waals surface area (Å²) in [5.41, 5.74) is 1.32. The van der Waals surface area contributed by atoms with E-state index in [0.717, 1.165) is 10.9 Å². The topological polar surface area (TPSA) is 39.6 Å². The van der Waals surface area contributed by atoms with Crippen LogP contribution < -0.4 is 0 Å². The summed E-state index contributed by atoms with van der Waals surface area (Å²) >= 11 is 5.82. The molecule has 12 heavy (non-hydrogen) atoms. The summed E-state index contributed by atoms with van der Waals surface area (Å²) in [5, 5.41) is 10.3. The van der Waals surface area contributed by atoms with Crippen LogP contribution in [0.15, 0.2) is 24.4 Å². The predicted molar refractivity (Wildman–Crippen MR) is 48.0 cm³/mol. The summed E-state index contributed by atoms with van der Waals surface area (Å²) in [5.74, 6) is 0. The van der Waals surface area contributed by atoms with Gasteiger partial charge in [-0.05, 0) is 12.1 Å². The van der Waals surface area contributed by atoms with Gasteiger partial charge in [-0.2, -0.15) is 5.26 Å². The van der Waals surface area contributed by atoms with Gasteiger partial charge in [0.05, 0.1) is 16.1 Å². The predicted octanol–water partition coefficient (Wildman–Crippen LogP) is 2.69. The molecular weight excluding hydrogens is 172 g/mol. The third kappa shape index (κ3) is 0.876. The molecule has 2 nitrogen and oxygen atoms in total. The van der Waals surface area contributed by atoms with Crippen molar-refractivity contribution in [3.63, 3.8) is 0 Å². The van der Waals surface area contributed by atoms with E-state index in [0.29, 0.717) is 10.6 Å². The molecule has 0 saturated heterocycles. The molecule has 2 rings (SSSR count). The number of hydrogen-bond acceptors (Lipinski definition) is 1. The number of aromatic amines is 1. The summed E-state index contributed by atoms with van der Waals surface area (Å²) < 4.78 is 0. The Morgan fingerprint density at radius 3 is 2.92 bits per heavy atom. The van der Waals surface area contributed by atoms with Gasteiger partial charge in [-0.1, -0.05) is 17.7 Å². The number of nitrogens with one attached hydrogen (secondary N) is 1. The molecule has 0 amide bonds. The van der Waals surface area contributed by atoms with Crippen LogP contribution in [-0.4, -0.2) is 4.98 Å². The highest BCUT2D eigenvalue weighted by atomic mass is 35.5. The largest absolute Gasteiger partial charge is 0.360 e. The lowest BCUT2D eigenvalue weighted by atomic mass is 10.1. The number of fused-ring (bicyclic) bond motifs is 1. The summed E-state index contributed by atoms with van der Waals surface area (Å²) in [6.45, 7) is 0. The van der Waals surface area contributed by atoms with Crippen LogP contribution >= 0.6 is 11.6 Å². The Morgan fingerprint density at radius 2 is 2.17 bits per heavy atom. The molecular formula is C9H5ClN2. The van der Waals surface area contributed by atoms with Crippen molar-refractivity contribution in [1.29, 1.82) is 5.26 Å². The second-order valence-electron chi connectivity index (χ2n) is 2.48. The van der Waals surface area contributed by atoms with Gasteiger partial charge in [0.2, 0.25) is 0 Å². The normalized spacial score (nSPS) is 10.0. The maximum Gasteiger partial charge on any atom is 0.103 e. The Hall–Kier alpha value is -1.46. The Labute approximate surface area is 74.4 Å². The summed E-state index contributed by atoms with van der Waals surface area (Å²) in [6.07, 6.45) is 1.79. The first kappa shape index (κ1) is 7.20. The van der Waals surface area contributed by atoms with E-state index < -0.39 is 0 Å². The first-order chi connectivity index (χ1) is 5.83. The molecule has 0 spiro atoms. The molecule has 1 aromatic heterocycles. The van der Waals surface area contributed by atoms with Crippen molar-refractivity contribution in [2.24, 2.45) is 0 Å². The van der Waals surface area contributed by atoms with Crippen LogP contribution in [0.1, 0.15) is 5.56 Å². The van der Waals surface area contributed by atoms with E-state index in [1.165, 1.54) is 0 Å². The van der Waals surface area contributed by atoms with Crippen molar-refractivity contribution in [2.45, 2.75) is 0 Å². The summed E-state index contributed by atoms with van der Waals surface area (Å²) in [4.78, 5) is 2.97. The van der Waals surface area contributed by atoms with Crippen LogP contribution in [0.5, 0.6) is 0 Å². The van der Waals surface area contributed by atoms with Gasteiger partial charge in [-0.3, -0.25) is 0 Å². The fourth-order valence-electron chi connectivity index (χ4n) is 1.21. The van der Waals surface area contributed by atoms with Crippen molar-refractivity contribution in [1.82, 2.24) is 4.98 Å². The zero-order valence-electron chi connectivity index (χ0n) is 6.13. The van der Waals surface area contributed by atoms with Crippen molar-refractivity contribution in [3.05, 3.63) is 35.0 Å². The minimum absolute atomic E-state index is 0.493. The van der Waals surface area contributed by atoms with Crippen LogP contribution in [0.3, 0.4) is 0 Å². The molecule has 1 heterocycles. The average Bonchev–Trinajstić information content (AvgIpc) is 2.52. The van der Waals surface area contributed by atoms with Gasteiger partial charge in [-0.15, -0.1) is 0 Å². The van der Waals surface area contributed by atoms with Crippen molar-refractivity contribution >= 4 is 22.5 Å². The highest BCUT2D eigenvalue weighted by Gasteiger charge is 2.04. The van der Waals surface area contributed by atoms with Crippen LogP contribution in [0.2, 0.25) is 5.02 Å². The lowest BCUT2D eigenvalue weighted by Crippen LogP contribution is -1.79. The van der Waals surface area contributed by atoms with Gasteiger partial charge in [0, 0.05) is 11.6 Å². The summed E-state index contributed by atoms with van der Waals surface area (Å²) in [7, 11) is 0. The molecule has 0 atom stereocenters. The zero-order valence-corrected chi connectivity index (χ0v) is 6.89. The maximum atomic E-state index is 8.78. The Balaban J connectivity index is 2.94. The number of halogens is 1. The van der Waals surface area contributed by atoms with Gasteiger partial charge in [-0.25, -0.2) is 0 Å². The van der Waals surface area contributed by atoms with Crippen LogP contribution in [0.25, 0.3) is 10.9 Å². The molecule has 0 unspecified atom stereocenters. The monoisotopic (exact) mass is 176 g/mol. The van der Waals surface area contributed by atoms with Crippen LogP contribution in [-0.2, 0) is 0 Å². The Bertz CT molecular complexity index is 465. The number of benzene rings is 1. The number of aromatic nitrogens is 1. The number of hydrogen-bond donors (Lipinski definition) is 1. The number of H-pyrrole nitrogens is 1. The van der Waals surface area contributed by atoms with Crippen molar-refractivity contribution < 1.29 is 0 Å². The van der Waals surface area contributed by atoms with E-state index in [2.05, 4.69) is 11.1 Å². The molecule has 0 fully saturated rings. The molecule has 58 valence electrons. The lowest BCUT2D eigenvalue weighted by molar-refractivity contribution is 1.44. The minimum Gasteiger partial charge on any atom is -0.360 e. The number of rotatable bonds is 0. The molecule has 3 heteroatoms. The maximum absolute atomic E-state index is 8.78. The fourth-order valence-corrected chi connectivity index (χ4v) is 1.41. The molecule has 0 bridgehead atoms. The lowest BCUT2D eigenvalue weighted by Gasteiger charge is -1.95. The quantitative estimate of drug-likeness (QED) is 0.659. The van der Waals surface area contributed by atoms with Gasteiger partial charge in [0.1, 0.15) is 6.07 Å². The molecule has 0 aliphatic carbocycles. The summed E-state index contributed by atoms with van der Waals surface area (Å²) in [6, 6.07) is 7.59. The number of nitrogens with zero attached hydrogens (tertiary/aromatic N) is 1. The average molecular weight is 177 g/mol. The second kappa shape index (κ2) is 2.54. The number of nitriles is 1. The molecule has 0 radical (unpaired) electrons. The van der Waals surface area contributed by atoms with E-state index in [-0.39, 0.29) is 0 Å². The van der Waals surface area contributed by atoms with E-state index >= 15 is 0 Å². The third-order valence-corrected chi connectivity index (χ3v) is 2.10. The smallest absolute Gasteiger partial charge is 0.103 e. The standard InChI is InChI=1S/C9H5ClN2/c10-8-2-1-6-3-4-12-9(6)7(8)5-11/h1-4,12H. The van der Waals surface area contributed by atoms with E-state index in [9.17, 15) is 0 Å². The highest BCUT2D eigenvalue weighted by molar-refractivity contribution is 6.32. The Kier molecular flexibility index (Phi) is 1.53. The molecule has 0 aliphatic rings. The first-order valence-corrected chi connectivity index (χ1v) is 3.86. The van der Waals surface area contributed by atoms with Crippen molar-refractivity contribution in [3.8, 4) is 6.07 Å². The van der Waals surface area contributed by atoms with Gasteiger partial charge in [0.15, 0.2) is 0 Å². The Morgan fingerprint density at radius 1 is 1.33 bits per heavy atom. The molecule has 2 aromatic rings. The molecule has 1 aromatic carbocycles. The van der Waals surface area contributed by atoms with Crippen LogP contribution in [0, 0.1) is 11.3 Å². The van der Waals surface area contributed by atoms with E-state index in [1.54, 1.807) is 12.3 Å². The SMILES string of the molecule is N#Cc1c(Cl)ccc2cc[nH]c12. The van der Waals surface area contributed by atoms with Gasteiger partial charge in [0.25, 0.3) is 0 Å². The van der Waals surface area contributed by atoms with Gasteiger partial charge >= 0.3 is 0 Å². The fraction of sp³-hybridized carbons (Fsp3) is 0. The zero-order chi connectivity index (χ0) is 8.55. The van der Waals surface area contributed by atoms with Crippen LogP contribution in [0.4, 0.5) is 0 Å².